The third-order valence-corrected chi connectivity index (χ3v) is 11.7. The van der Waals surface area contributed by atoms with Crippen molar-refractivity contribution in [3.8, 4) is 0 Å². The highest BCUT2D eigenvalue weighted by Crippen LogP contribution is 2.27. The molecule has 0 unspecified atom stereocenters. The lowest BCUT2D eigenvalue weighted by Gasteiger charge is -2.35. The van der Waals surface area contributed by atoms with Crippen LogP contribution in [0.15, 0.2) is 47.4 Å². The van der Waals surface area contributed by atoms with Gasteiger partial charge >= 0.3 is 18.0 Å². The molecule has 0 spiro atoms. The van der Waals surface area contributed by atoms with Crippen LogP contribution in [-0.4, -0.2) is 145 Å². The highest BCUT2D eigenvalue weighted by Gasteiger charge is 2.32. The molecule has 0 saturated carbocycles. The van der Waals surface area contributed by atoms with E-state index < -0.39 is 88.5 Å². The molecule has 2 aromatic carbocycles. The largest absolute Gasteiger partial charge is 0.477 e. The summed E-state index contributed by atoms with van der Waals surface area (Å²) in [6.45, 7) is 9.70. The molecule has 1 aliphatic heterocycles. The van der Waals surface area contributed by atoms with Gasteiger partial charge in [-0.1, -0.05) is 39.8 Å². The van der Waals surface area contributed by atoms with Gasteiger partial charge in [-0.05, 0) is 61.4 Å². The predicted molar refractivity (Wildman–Crippen MR) is 268 cm³/mol. The van der Waals surface area contributed by atoms with Crippen LogP contribution in [0.4, 0.5) is 20.6 Å². The molecule has 4 rings (SSSR count). The molecule has 9 N–H and O–H groups in total. The van der Waals surface area contributed by atoms with Crippen molar-refractivity contribution in [3.63, 3.8) is 0 Å². The number of aromatic nitrogens is 1. The van der Waals surface area contributed by atoms with E-state index in [1.165, 1.54) is 22.1 Å². The minimum atomic E-state index is -1.40. The number of anilines is 2. The molecule has 1 aliphatic rings. The van der Waals surface area contributed by atoms with Gasteiger partial charge in [0.2, 0.25) is 35.0 Å². The molecule has 0 radical (unpaired) electrons. The number of nitrogens with two attached hydrogens (primary N) is 1. The van der Waals surface area contributed by atoms with Gasteiger partial charge in [-0.15, -0.1) is 0 Å². The minimum absolute atomic E-state index is 0.0496. The lowest BCUT2D eigenvalue weighted by molar-refractivity contribution is -0.145. The number of piperazine rings is 1. The Balaban J connectivity index is 1.35. The van der Waals surface area contributed by atoms with E-state index in [0.29, 0.717) is 23.3 Å². The standard InChI is InChI=1S/C49H68FN11O12/c1-8-59-25-33(47(69)70)43(65)32-22-34(50)38(23-37(32)59)60-18-20-61(21-19-60)49(71)73-27-30-12-14-31(15-13-30)54-45(67)36(24-53-48(51)52)56-46(68)42(29(4)5)57-44(66)35(16-17-41(64)72-26-28(2)3)55-39(62)10-9-11-40(63)58(6)7/h12-15,22-23,25,28-29,35-36,42H,8-11,16-21,24,26-27H2,1-7H3,(H,54,67)(H,55,62)(H,56,68)(H,57,66)(H,69,70)(H4,51,52,53)/t35-,36-,42-/m0/s1. The van der Waals surface area contributed by atoms with Crippen LogP contribution in [-0.2, 0) is 51.4 Å². The highest BCUT2D eigenvalue weighted by atomic mass is 19.1. The zero-order valence-electron chi connectivity index (χ0n) is 42.3. The molecule has 0 bridgehead atoms. The summed E-state index contributed by atoms with van der Waals surface area (Å²) >= 11 is 0. The number of fused-ring (bicyclic) bond motifs is 1. The number of pyridine rings is 1. The zero-order valence-corrected chi connectivity index (χ0v) is 42.3. The number of ether oxygens (including phenoxy) is 2. The van der Waals surface area contributed by atoms with Crippen LogP contribution < -0.4 is 42.6 Å². The third-order valence-electron chi connectivity index (χ3n) is 11.7. The van der Waals surface area contributed by atoms with Gasteiger partial charge in [0.05, 0.1) is 17.8 Å². The Morgan fingerprint density at radius 2 is 1.53 bits per heavy atom. The fourth-order valence-corrected chi connectivity index (χ4v) is 7.56. The van der Waals surface area contributed by atoms with Crippen molar-refractivity contribution in [2.75, 3.05) is 63.6 Å². The summed E-state index contributed by atoms with van der Waals surface area (Å²) in [5, 5.41) is 30.1. The minimum Gasteiger partial charge on any atom is -0.477 e. The van der Waals surface area contributed by atoms with E-state index in [4.69, 9.17) is 20.6 Å². The van der Waals surface area contributed by atoms with Crippen LogP contribution in [0.1, 0.15) is 82.6 Å². The molecule has 1 saturated heterocycles. The molecule has 73 heavy (non-hydrogen) atoms. The second kappa shape index (κ2) is 27.1. The van der Waals surface area contributed by atoms with Gasteiger partial charge < -0.3 is 66.2 Å². The van der Waals surface area contributed by atoms with Gasteiger partial charge in [0.25, 0.3) is 0 Å². The Bertz CT molecular complexity index is 2560. The molecular formula is C49H68FN11O12. The lowest BCUT2D eigenvalue weighted by atomic mass is 10.0. The quantitative estimate of drug-likeness (QED) is 0.0362. The maximum atomic E-state index is 15.4. The smallest absolute Gasteiger partial charge is 0.410 e. The first-order valence-corrected chi connectivity index (χ1v) is 24.0. The number of hydrogen-bond acceptors (Lipinski definition) is 13. The molecule has 3 aromatic rings. The second-order valence-corrected chi connectivity index (χ2v) is 18.5. The highest BCUT2D eigenvalue weighted by molar-refractivity contribution is 5.99. The van der Waals surface area contributed by atoms with Gasteiger partial charge in [0, 0.05) is 89.9 Å². The summed E-state index contributed by atoms with van der Waals surface area (Å²) in [6.07, 6.45) is 0.464. The Morgan fingerprint density at radius 1 is 0.863 bits per heavy atom. The summed E-state index contributed by atoms with van der Waals surface area (Å²) in [5.74, 6) is -6.67. The number of carboxylic acid groups (broad SMARTS) is 1. The van der Waals surface area contributed by atoms with E-state index in [9.17, 15) is 48.3 Å². The third kappa shape index (κ3) is 17.2. The van der Waals surface area contributed by atoms with E-state index in [1.54, 1.807) is 68.6 Å². The molecule has 23 nitrogen and oxygen atoms in total. The topological polar surface area (TPSA) is 317 Å². The molecule has 0 aliphatic carbocycles. The van der Waals surface area contributed by atoms with Gasteiger partial charge in [-0.3, -0.25) is 39.0 Å². The van der Waals surface area contributed by atoms with E-state index in [-0.39, 0.29) is 101 Å². The van der Waals surface area contributed by atoms with E-state index >= 15 is 4.39 Å². The first kappa shape index (κ1) is 57.8. The van der Waals surface area contributed by atoms with Crippen molar-refractivity contribution >= 4 is 75.8 Å². The van der Waals surface area contributed by atoms with E-state index in [0.717, 1.165) is 6.07 Å². The number of amides is 6. The Morgan fingerprint density at radius 3 is 2.12 bits per heavy atom. The monoisotopic (exact) mass is 1020 g/mol. The van der Waals surface area contributed by atoms with Gasteiger partial charge in [-0.25, -0.2) is 14.0 Å². The summed E-state index contributed by atoms with van der Waals surface area (Å²) < 4.78 is 27.8. The summed E-state index contributed by atoms with van der Waals surface area (Å²) in [6, 6.07) is 4.99. The van der Waals surface area contributed by atoms with Crippen LogP contribution in [0.2, 0.25) is 0 Å². The Labute approximate surface area is 422 Å². The maximum Gasteiger partial charge on any atom is 0.410 e. The van der Waals surface area contributed by atoms with Gasteiger partial charge in [-0.2, -0.15) is 0 Å². The number of esters is 1. The molecule has 1 aromatic heterocycles. The van der Waals surface area contributed by atoms with Crippen molar-refractivity contribution in [1.82, 2.24) is 35.6 Å². The van der Waals surface area contributed by atoms with Crippen molar-refractivity contribution in [2.45, 2.75) is 98.0 Å². The summed E-state index contributed by atoms with van der Waals surface area (Å²) in [4.78, 5) is 121. The molecule has 3 atom stereocenters. The fraction of sp³-hybridized carbons (Fsp3) is 0.510. The van der Waals surface area contributed by atoms with Crippen molar-refractivity contribution < 1.29 is 57.3 Å². The summed E-state index contributed by atoms with van der Waals surface area (Å²) in [7, 11) is 3.18. The second-order valence-electron chi connectivity index (χ2n) is 18.5. The normalized spacial score (nSPS) is 13.6. The number of aryl methyl sites for hydroxylation is 1. The number of nitrogens with zero attached hydrogens (tertiary/aromatic N) is 4. The van der Waals surface area contributed by atoms with Gasteiger partial charge in [0.15, 0.2) is 5.96 Å². The van der Waals surface area contributed by atoms with E-state index in [2.05, 4.69) is 26.6 Å². The summed E-state index contributed by atoms with van der Waals surface area (Å²) in [5.41, 5.74) is 5.72. The lowest BCUT2D eigenvalue weighted by Crippen LogP contribution is -2.59. The number of guanidine groups is 1. The number of halogens is 1. The number of carbonyl (C=O) groups is 8. The number of carbonyl (C=O) groups excluding carboxylic acids is 7. The van der Waals surface area contributed by atoms with Crippen molar-refractivity contribution in [3.05, 3.63) is 69.8 Å². The van der Waals surface area contributed by atoms with Gasteiger partial charge in [0.1, 0.15) is 36.1 Å². The number of rotatable bonds is 24. The molecule has 2 heterocycles. The molecular weight excluding hydrogens is 954 g/mol. The number of hydrogen-bond donors (Lipinski definition) is 8. The maximum absolute atomic E-state index is 15.4. The SMILES string of the molecule is CCn1cc(C(=O)O)c(=O)c2cc(F)c(N3CCN(C(=O)OCc4ccc(NC(=O)[C@H](CNC(=N)N)NC(=O)[C@@H](NC(=O)[C@H](CCC(=O)OCC(C)C)NC(=O)CCCC(=O)N(C)C)C(C)C)cc4)CC3)cc21. The van der Waals surface area contributed by atoms with Crippen LogP contribution in [0.3, 0.4) is 0 Å². The predicted octanol–water partition coefficient (Wildman–Crippen LogP) is 2.09. The van der Waals surface area contributed by atoms with Crippen LogP contribution in [0.25, 0.3) is 10.9 Å². The van der Waals surface area contributed by atoms with Crippen molar-refractivity contribution in [2.24, 2.45) is 17.6 Å². The number of aromatic carboxylic acids is 1. The van der Waals surface area contributed by atoms with Crippen LogP contribution in [0, 0.1) is 23.1 Å². The number of carboxylic acids is 1. The first-order chi connectivity index (χ1) is 34.5. The molecule has 24 heteroatoms. The molecule has 1 fully saturated rings. The average molecular weight is 1020 g/mol. The van der Waals surface area contributed by atoms with Crippen molar-refractivity contribution in [1.29, 1.82) is 5.41 Å². The zero-order chi connectivity index (χ0) is 54.1. The van der Waals surface area contributed by atoms with Crippen LogP contribution in [0.5, 0.6) is 0 Å². The fourth-order valence-electron chi connectivity index (χ4n) is 7.56. The van der Waals surface area contributed by atoms with Crippen LogP contribution >= 0.6 is 0 Å². The number of benzene rings is 2. The molecule has 398 valence electrons. The van der Waals surface area contributed by atoms with E-state index in [1.807, 2.05) is 13.8 Å². The first-order valence-electron chi connectivity index (χ1n) is 24.0. The Hall–Kier alpha value is -7.79. The Kier molecular flexibility index (Phi) is 21.5. The average Bonchev–Trinajstić information content (AvgIpc) is 3.34. The molecule has 6 amide bonds. The number of nitrogens with one attached hydrogen (secondary N) is 6.